The van der Waals surface area contributed by atoms with Gasteiger partial charge in [0.25, 0.3) is 0 Å². The van der Waals surface area contributed by atoms with Gasteiger partial charge in [-0.25, -0.2) is 4.79 Å². The van der Waals surface area contributed by atoms with E-state index >= 15 is 0 Å². The van der Waals surface area contributed by atoms with E-state index in [4.69, 9.17) is 10.5 Å². The van der Waals surface area contributed by atoms with E-state index in [0.717, 1.165) is 47.3 Å². The molecule has 0 amide bonds. The van der Waals surface area contributed by atoms with Gasteiger partial charge in [-0.3, -0.25) is 0 Å². The van der Waals surface area contributed by atoms with Crippen LogP contribution in [-0.2, 0) is 10.8 Å². The molecule has 4 rings (SSSR count). The molecule has 0 radical (unpaired) electrons. The maximum atomic E-state index is 11.3. The van der Waals surface area contributed by atoms with E-state index < -0.39 is 5.97 Å². The Morgan fingerprint density at radius 2 is 1.46 bits per heavy atom. The number of benzene rings is 3. The van der Waals surface area contributed by atoms with E-state index in [0.29, 0.717) is 13.2 Å². The van der Waals surface area contributed by atoms with E-state index in [9.17, 15) is 9.90 Å². The summed E-state index contributed by atoms with van der Waals surface area (Å²) in [5.74, 6) is -0.0567. The fourth-order valence-corrected chi connectivity index (χ4v) is 5.05. The first-order chi connectivity index (χ1) is 16.6. The number of carbonyl (C=O) groups is 1. The van der Waals surface area contributed by atoms with E-state index in [1.54, 1.807) is 12.1 Å². The highest BCUT2D eigenvalue weighted by molar-refractivity contribution is 5.88. The molecular weight excluding hydrogens is 434 g/mol. The summed E-state index contributed by atoms with van der Waals surface area (Å²) in [5.41, 5.74) is 13.3. The van der Waals surface area contributed by atoms with Gasteiger partial charge < -0.3 is 15.6 Å². The van der Waals surface area contributed by atoms with Gasteiger partial charge in [-0.2, -0.15) is 0 Å². The highest BCUT2D eigenvalue weighted by Crippen LogP contribution is 2.47. The number of carboxylic acid groups (broad SMARTS) is 1. The molecule has 3 N–H and O–H groups in total. The molecule has 0 atom stereocenters. The van der Waals surface area contributed by atoms with Gasteiger partial charge in [-0.1, -0.05) is 64.1 Å². The second-order valence-electron chi connectivity index (χ2n) is 11.0. The molecule has 4 heteroatoms. The number of ether oxygens (including phenoxy) is 1. The van der Waals surface area contributed by atoms with Crippen LogP contribution in [0.4, 0.5) is 0 Å². The average Bonchev–Trinajstić information content (AvgIpc) is 2.85. The van der Waals surface area contributed by atoms with Crippen LogP contribution in [0.5, 0.6) is 5.75 Å². The first kappa shape index (κ1) is 25.0. The molecule has 0 saturated carbocycles. The number of hydrogen-bond donors (Lipinski definition) is 2. The first-order valence-corrected chi connectivity index (χ1v) is 12.6. The predicted molar refractivity (Wildman–Crippen MR) is 143 cm³/mol. The van der Waals surface area contributed by atoms with Crippen molar-refractivity contribution in [1.29, 1.82) is 0 Å². The fourth-order valence-electron chi connectivity index (χ4n) is 5.05. The van der Waals surface area contributed by atoms with E-state index in [2.05, 4.69) is 52.0 Å². The van der Waals surface area contributed by atoms with Crippen molar-refractivity contribution >= 4 is 5.97 Å². The van der Waals surface area contributed by atoms with Crippen LogP contribution in [0.2, 0.25) is 0 Å². The van der Waals surface area contributed by atoms with Crippen LogP contribution >= 0.6 is 0 Å². The maximum absolute atomic E-state index is 11.3. The lowest BCUT2D eigenvalue weighted by atomic mass is 9.63. The largest absolute Gasteiger partial charge is 0.493 e. The molecule has 0 saturated heterocycles. The van der Waals surface area contributed by atoms with Crippen LogP contribution in [0.1, 0.15) is 74.9 Å². The van der Waals surface area contributed by atoms with E-state index in [-0.39, 0.29) is 16.4 Å². The van der Waals surface area contributed by atoms with Crippen molar-refractivity contribution in [3.63, 3.8) is 0 Å². The van der Waals surface area contributed by atoms with Crippen LogP contribution < -0.4 is 10.5 Å². The molecule has 0 unspecified atom stereocenters. The minimum Gasteiger partial charge on any atom is -0.493 e. The molecule has 0 spiro atoms. The lowest BCUT2D eigenvalue weighted by Gasteiger charge is -2.42. The second kappa shape index (κ2) is 9.87. The molecule has 3 aromatic carbocycles. The Kier molecular flexibility index (Phi) is 7.05. The Balaban J connectivity index is 1.79. The Labute approximate surface area is 209 Å². The molecule has 184 valence electrons. The summed E-state index contributed by atoms with van der Waals surface area (Å²) in [6.07, 6.45) is 4.20. The molecule has 0 aromatic heterocycles. The number of aromatic carboxylic acids is 1. The van der Waals surface area contributed by atoms with Gasteiger partial charge in [0.15, 0.2) is 0 Å². The summed E-state index contributed by atoms with van der Waals surface area (Å²) in [6, 6.07) is 20.2. The number of fused-ring (bicyclic) bond motifs is 1. The maximum Gasteiger partial charge on any atom is 0.335 e. The number of hydrogen-bond acceptors (Lipinski definition) is 3. The quantitative estimate of drug-likeness (QED) is 0.341. The van der Waals surface area contributed by atoms with Gasteiger partial charge in [0.1, 0.15) is 5.75 Å². The molecule has 4 nitrogen and oxygen atoms in total. The van der Waals surface area contributed by atoms with Crippen molar-refractivity contribution in [2.45, 2.75) is 64.2 Å². The fraction of sp³-hybridized carbons (Fsp3) is 0.387. The smallest absolute Gasteiger partial charge is 0.335 e. The highest BCUT2D eigenvalue weighted by Gasteiger charge is 2.37. The van der Waals surface area contributed by atoms with Crippen LogP contribution in [0.3, 0.4) is 0 Å². The van der Waals surface area contributed by atoms with Crippen molar-refractivity contribution in [2.24, 2.45) is 5.73 Å². The van der Waals surface area contributed by atoms with Crippen LogP contribution in [-0.4, -0.2) is 24.2 Å². The molecule has 1 aliphatic carbocycles. The third-order valence-corrected chi connectivity index (χ3v) is 7.46. The second-order valence-corrected chi connectivity index (χ2v) is 11.0. The molecule has 3 aromatic rings. The topological polar surface area (TPSA) is 72.5 Å². The summed E-state index contributed by atoms with van der Waals surface area (Å²) in [6.45, 7) is 10.7. The first-order valence-electron chi connectivity index (χ1n) is 12.6. The van der Waals surface area contributed by atoms with Gasteiger partial charge in [0, 0.05) is 5.56 Å². The molecule has 0 bridgehead atoms. The van der Waals surface area contributed by atoms with E-state index in [1.165, 1.54) is 17.5 Å². The standard InChI is InChI=1S/C31H37NO3/c1-30(2)15-16-31(3,4)27-20-24(11-13-26(27)30)25-19-23(12-14-28(25)35-18-6-5-17-32)21-7-9-22(10-8-21)29(33)34/h7-14,19-20H,5-6,15-18,32H2,1-4H3,(H,33,34). The number of rotatable bonds is 8. The van der Waals surface area contributed by atoms with Gasteiger partial charge in [-0.15, -0.1) is 0 Å². The Hall–Kier alpha value is -3.11. The Morgan fingerprint density at radius 1 is 0.829 bits per heavy atom. The number of carboxylic acids is 1. The van der Waals surface area contributed by atoms with Crippen molar-refractivity contribution in [1.82, 2.24) is 0 Å². The predicted octanol–water partition coefficient (Wildman–Crippen LogP) is 7.19. The number of nitrogens with two attached hydrogens (primary N) is 1. The highest BCUT2D eigenvalue weighted by atomic mass is 16.5. The molecule has 0 heterocycles. The molecule has 1 aliphatic rings. The third kappa shape index (κ3) is 5.28. The summed E-state index contributed by atoms with van der Waals surface area (Å²) < 4.78 is 6.24. The van der Waals surface area contributed by atoms with Crippen LogP contribution in [0.15, 0.2) is 60.7 Å². The monoisotopic (exact) mass is 471 g/mol. The molecule has 35 heavy (non-hydrogen) atoms. The molecule has 0 fully saturated rings. The van der Waals surface area contributed by atoms with Crippen molar-refractivity contribution in [3.05, 3.63) is 77.4 Å². The summed E-state index contributed by atoms with van der Waals surface area (Å²) in [5, 5.41) is 9.25. The van der Waals surface area contributed by atoms with Gasteiger partial charge in [0.2, 0.25) is 0 Å². The lowest BCUT2D eigenvalue weighted by Crippen LogP contribution is -2.33. The average molecular weight is 472 g/mol. The Bertz CT molecular complexity index is 1210. The summed E-state index contributed by atoms with van der Waals surface area (Å²) in [7, 11) is 0. The van der Waals surface area contributed by atoms with Crippen molar-refractivity contribution in [3.8, 4) is 28.0 Å². The summed E-state index contributed by atoms with van der Waals surface area (Å²) >= 11 is 0. The summed E-state index contributed by atoms with van der Waals surface area (Å²) in [4.78, 5) is 11.3. The third-order valence-electron chi connectivity index (χ3n) is 7.46. The van der Waals surface area contributed by atoms with Crippen molar-refractivity contribution in [2.75, 3.05) is 13.2 Å². The minimum atomic E-state index is -0.918. The zero-order valence-corrected chi connectivity index (χ0v) is 21.4. The van der Waals surface area contributed by atoms with Gasteiger partial charge in [-0.05, 0) is 95.1 Å². The van der Waals surface area contributed by atoms with E-state index in [1.807, 2.05) is 24.3 Å². The van der Waals surface area contributed by atoms with Crippen LogP contribution in [0.25, 0.3) is 22.3 Å². The SMILES string of the molecule is CC1(C)CCC(C)(C)c2cc(-c3cc(-c4ccc(C(=O)O)cc4)ccc3OCCCCN)ccc21. The Morgan fingerprint density at radius 3 is 2.11 bits per heavy atom. The normalized spacial score (nSPS) is 15.9. The molecular formula is C31H37NO3. The molecule has 0 aliphatic heterocycles. The lowest BCUT2D eigenvalue weighted by molar-refractivity contribution is 0.0697. The van der Waals surface area contributed by atoms with Gasteiger partial charge in [0.05, 0.1) is 12.2 Å². The van der Waals surface area contributed by atoms with Gasteiger partial charge >= 0.3 is 5.97 Å². The zero-order chi connectivity index (χ0) is 25.2. The van der Waals surface area contributed by atoms with Crippen LogP contribution in [0, 0.1) is 0 Å². The van der Waals surface area contributed by atoms with Crippen molar-refractivity contribution < 1.29 is 14.6 Å². The zero-order valence-electron chi connectivity index (χ0n) is 21.4. The number of unbranched alkanes of at least 4 members (excludes halogenated alkanes) is 1. The minimum absolute atomic E-state index is 0.118.